The van der Waals surface area contributed by atoms with Crippen LogP contribution in [0.1, 0.15) is 71.7 Å². The van der Waals surface area contributed by atoms with Crippen molar-refractivity contribution >= 4 is 17.7 Å². The first kappa shape index (κ1) is 28.7. The van der Waals surface area contributed by atoms with Crippen molar-refractivity contribution in [3.63, 3.8) is 0 Å². The van der Waals surface area contributed by atoms with Gasteiger partial charge in [0.25, 0.3) is 0 Å². The third-order valence-corrected chi connectivity index (χ3v) is 9.14. The number of benzene rings is 2. The van der Waals surface area contributed by atoms with Gasteiger partial charge in [0.15, 0.2) is 0 Å². The minimum atomic E-state index is -4.85. The van der Waals surface area contributed by atoms with Crippen molar-refractivity contribution in [1.82, 2.24) is 10.1 Å². The largest absolute Gasteiger partial charge is 0.573 e. The molecule has 12 heteroatoms. The van der Waals surface area contributed by atoms with Crippen LogP contribution in [0, 0.1) is 0 Å². The third kappa shape index (κ3) is 5.40. The van der Waals surface area contributed by atoms with Gasteiger partial charge in [0, 0.05) is 41.4 Å². The van der Waals surface area contributed by atoms with Crippen LogP contribution < -0.4 is 9.64 Å². The molecule has 3 aliphatic heterocycles. The van der Waals surface area contributed by atoms with E-state index in [1.54, 1.807) is 23.1 Å². The minimum Gasteiger partial charge on any atom is -0.465 e. The van der Waals surface area contributed by atoms with Crippen molar-refractivity contribution in [2.24, 2.45) is 0 Å². The number of halogens is 3. The average molecular weight is 612 g/mol. The second kappa shape index (κ2) is 11.1. The molecule has 2 amide bonds. The second-order valence-corrected chi connectivity index (χ2v) is 11.9. The number of ether oxygens (including phenoxy) is 3. The predicted octanol–water partition coefficient (Wildman–Crippen LogP) is 6.60. The fraction of sp³-hybridized carbons (Fsp3) is 0.469. The fourth-order valence-electron chi connectivity index (χ4n) is 6.95. The zero-order valence-electron chi connectivity index (χ0n) is 24.1. The van der Waals surface area contributed by atoms with Gasteiger partial charge in [0.2, 0.25) is 0 Å². The molecule has 0 radical (unpaired) electrons. The normalized spacial score (nSPS) is 22.7. The van der Waals surface area contributed by atoms with Gasteiger partial charge in [-0.25, -0.2) is 9.59 Å². The van der Waals surface area contributed by atoms with Crippen LogP contribution >= 0.6 is 0 Å². The maximum absolute atomic E-state index is 13.9. The molecule has 2 aromatic carbocycles. The standard InChI is InChI=1S/C32H32F3N3O6/c1-41-30(39)20-9-6-18-12-13-37(26(18)14-20)31(40)38-21-10-11-22(38)16-23(15-21)42-17-25-28(36-44-29(25)19-7-8-19)24-4-2-3-5-27(24)43-32(33,34)35/h2-6,9,14,19,21-23H,7-8,10-13,15-17H2,1H3. The Morgan fingerprint density at radius 1 is 1.05 bits per heavy atom. The number of alkyl halides is 3. The summed E-state index contributed by atoms with van der Waals surface area (Å²) in [6.07, 6.45) is 0.628. The van der Waals surface area contributed by atoms with E-state index in [1.165, 1.54) is 25.3 Å². The summed E-state index contributed by atoms with van der Waals surface area (Å²) in [4.78, 5) is 29.7. The summed E-state index contributed by atoms with van der Waals surface area (Å²) < 4.78 is 60.7. The van der Waals surface area contributed by atoms with Gasteiger partial charge in [-0.15, -0.1) is 13.2 Å². The van der Waals surface area contributed by atoms with E-state index in [9.17, 15) is 22.8 Å². The molecule has 7 rings (SSSR count). The van der Waals surface area contributed by atoms with Crippen molar-refractivity contribution in [2.75, 3.05) is 18.6 Å². The van der Waals surface area contributed by atoms with E-state index in [1.807, 2.05) is 11.0 Å². The molecule has 0 spiro atoms. The number of hydrogen-bond acceptors (Lipinski definition) is 7. The van der Waals surface area contributed by atoms with Crippen molar-refractivity contribution in [3.8, 4) is 17.0 Å². The van der Waals surface area contributed by atoms with Gasteiger partial charge in [0.1, 0.15) is 17.2 Å². The lowest BCUT2D eigenvalue weighted by Gasteiger charge is -2.40. The molecule has 4 aliphatic rings. The molecule has 1 aromatic heterocycles. The van der Waals surface area contributed by atoms with E-state index in [0.29, 0.717) is 42.0 Å². The Kier molecular flexibility index (Phi) is 7.26. The van der Waals surface area contributed by atoms with Gasteiger partial charge in [0.05, 0.1) is 25.4 Å². The number of methoxy groups -OCH3 is 1. The zero-order valence-corrected chi connectivity index (χ0v) is 24.1. The van der Waals surface area contributed by atoms with E-state index in [4.69, 9.17) is 14.0 Å². The third-order valence-electron chi connectivity index (χ3n) is 9.14. The van der Waals surface area contributed by atoms with Crippen LogP contribution in [0.2, 0.25) is 0 Å². The van der Waals surface area contributed by atoms with Gasteiger partial charge < -0.3 is 23.6 Å². The Morgan fingerprint density at radius 2 is 1.80 bits per heavy atom. The quantitative estimate of drug-likeness (QED) is 0.278. The van der Waals surface area contributed by atoms with E-state index < -0.39 is 12.3 Å². The van der Waals surface area contributed by atoms with E-state index in [2.05, 4.69) is 9.89 Å². The molecule has 2 saturated heterocycles. The van der Waals surface area contributed by atoms with Crippen LogP contribution in [0.15, 0.2) is 47.0 Å². The molecule has 0 N–H and O–H groups in total. The average Bonchev–Trinajstić information content (AvgIpc) is 3.52. The highest BCUT2D eigenvalue weighted by Gasteiger charge is 2.46. The highest BCUT2D eigenvalue weighted by Crippen LogP contribution is 2.46. The lowest BCUT2D eigenvalue weighted by Crippen LogP contribution is -2.53. The van der Waals surface area contributed by atoms with Crippen molar-refractivity contribution in [2.45, 2.75) is 82.0 Å². The molecule has 44 heavy (non-hydrogen) atoms. The Morgan fingerprint density at radius 3 is 2.50 bits per heavy atom. The Hall–Kier alpha value is -4.06. The molecular formula is C32H32F3N3O6. The van der Waals surface area contributed by atoms with E-state index in [0.717, 1.165) is 43.4 Å². The summed E-state index contributed by atoms with van der Waals surface area (Å²) in [6.45, 7) is 0.688. The monoisotopic (exact) mass is 611 g/mol. The van der Waals surface area contributed by atoms with Crippen LogP contribution in [0.25, 0.3) is 11.3 Å². The molecule has 1 aliphatic carbocycles. The number of nitrogens with zero attached hydrogens (tertiary/aromatic N) is 3. The number of rotatable bonds is 7. The smallest absolute Gasteiger partial charge is 0.465 e. The number of aromatic nitrogens is 1. The molecule has 232 valence electrons. The number of para-hydroxylation sites is 1. The maximum atomic E-state index is 13.9. The number of carbonyl (C=O) groups excluding carboxylic acids is 2. The Balaban J connectivity index is 1.06. The molecule has 1 saturated carbocycles. The van der Waals surface area contributed by atoms with Crippen molar-refractivity contribution in [1.29, 1.82) is 0 Å². The van der Waals surface area contributed by atoms with E-state index in [-0.39, 0.29) is 48.1 Å². The first-order valence-corrected chi connectivity index (χ1v) is 15.0. The van der Waals surface area contributed by atoms with E-state index >= 15 is 0 Å². The number of fused-ring (bicyclic) bond motifs is 3. The highest BCUT2D eigenvalue weighted by atomic mass is 19.4. The molecule has 3 aromatic rings. The van der Waals surface area contributed by atoms with Crippen molar-refractivity contribution in [3.05, 3.63) is 64.9 Å². The number of anilines is 1. The van der Waals surface area contributed by atoms with Crippen LogP contribution in [-0.2, 0) is 22.5 Å². The van der Waals surface area contributed by atoms with Crippen LogP contribution in [-0.4, -0.2) is 60.3 Å². The number of hydrogen-bond donors (Lipinski definition) is 0. The zero-order chi connectivity index (χ0) is 30.6. The minimum absolute atomic E-state index is 0.00449. The molecule has 2 atom stereocenters. The van der Waals surface area contributed by atoms with Crippen LogP contribution in [0.4, 0.5) is 23.7 Å². The van der Waals surface area contributed by atoms with Gasteiger partial charge in [-0.2, -0.15) is 0 Å². The number of piperidine rings is 1. The summed E-state index contributed by atoms with van der Waals surface area (Å²) in [5.41, 5.74) is 3.31. The van der Waals surface area contributed by atoms with Crippen molar-refractivity contribution < 1.29 is 41.5 Å². The molecule has 4 heterocycles. The molecule has 2 bridgehead atoms. The first-order chi connectivity index (χ1) is 21.2. The number of amides is 2. The summed E-state index contributed by atoms with van der Waals surface area (Å²) in [7, 11) is 1.33. The van der Waals surface area contributed by atoms with Gasteiger partial charge >= 0.3 is 18.4 Å². The maximum Gasteiger partial charge on any atom is 0.573 e. The number of urea groups is 1. The molecule has 2 unspecified atom stereocenters. The lowest BCUT2D eigenvalue weighted by atomic mass is 9.99. The highest BCUT2D eigenvalue weighted by molar-refractivity contribution is 5.97. The fourth-order valence-corrected chi connectivity index (χ4v) is 6.95. The van der Waals surface area contributed by atoms with Gasteiger partial charge in [-0.05, 0) is 74.8 Å². The van der Waals surface area contributed by atoms with Crippen LogP contribution in [0.5, 0.6) is 5.75 Å². The predicted molar refractivity (Wildman–Crippen MR) is 151 cm³/mol. The number of esters is 1. The Labute approximate surface area is 251 Å². The van der Waals surface area contributed by atoms with Crippen LogP contribution in [0.3, 0.4) is 0 Å². The molecular weight excluding hydrogens is 579 g/mol. The Bertz CT molecular complexity index is 1570. The second-order valence-electron chi connectivity index (χ2n) is 11.9. The van der Waals surface area contributed by atoms with Gasteiger partial charge in [-0.3, -0.25) is 4.90 Å². The van der Waals surface area contributed by atoms with Gasteiger partial charge in [-0.1, -0.05) is 23.4 Å². The molecule has 9 nitrogen and oxygen atoms in total. The summed E-state index contributed by atoms with van der Waals surface area (Å²) >= 11 is 0. The lowest BCUT2D eigenvalue weighted by molar-refractivity contribution is -0.274. The first-order valence-electron chi connectivity index (χ1n) is 15.0. The SMILES string of the molecule is COC(=O)c1ccc2c(c1)N(C(=O)N1C3CCC1CC(OCc1c(-c4ccccc4OC(F)(F)F)noc1C1CC1)C3)CC2. The summed E-state index contributed by atoms with van der Waals surface area (Å²) in [6, 6.07) is 11.2. The summed E-state index contributed by atoms with van der Waals surface area (Å²) in [5.74, 6) is 0.0342. The topological polar surface area (TPSA) is 94.3 Å². The molecule has 3 fully saturated rings. The summed E-state index contributed by atoms with van der Waals surface area (Å²) in [5, 5.41) is 4.17. The number of carbonyl (C=O) groups is 2.